The normalized spacial score (nSPS) is 21.7. The molecule has 5 heteroatoms. The third-order valence-electron chi connectivity index (χ3n) is 4.98. The number of hydrogen-bond acceptors (Lipinski definition) is 4. The SMILES string of the molecule is O=C(C1CCC1)N1CCN(Cc2ccc3c(c2)OCO3)CC1. The molecule has 22 heavy (non-hydrogen) atoms. The Bertz CT molecular complexity index is 563. The summed E-state index contributed by atoms with van der Waals surface area (Å²) in [6, 6.07) is 6.14. The van der Waals surface area contributed by atoms with Crippen LogP contribution < -0.4 is 9.47 Å². The number of carbonyl (C=O) groups is 1. The van der Waals surface area contributed by atoms with Gasteiger partial charge in [0, 0.05) is 38.6 Å². The van der Waals surface area contributed by atoms with Gasteiger partial charge >= 0.3 is 0 Å². The lowest BCUT2D eigenvalue weighted by atomic mass is 9.84. The van der Waals surface area contributed by atoms with Gasteiger partial charge in [-0.15, -0.1) is 0 Å². The average molecular weight is 302 g/mol. The van der Waals surface area contributed by atoms with E-state index in [-0.39, 0.29) is 0 Å². The third-order valence-corrected chi connectivity index (χ3v) is 4.98. The van der Waals surface area contributed by atoms with Crippen molar-refractivity contribution in [1.82, 2.24) is 9.80 Å². The van der Waals surface area contributed by atoms with Crippen LogP contribution in [0.4, 0.5) is 0 Å². The first kappa shape index (κ1) is 13.9. The van der Waals surface area contributed by atoms with E-state index in [0.717, 1.165) is 57.1 Å². The molecule has 0 atom stereocenters. The first-order valence-corrected chi connectivity index (χ1v) is 8.19. The van der Waals surface area contributed by atoms with Crippen molar-refractivity contribution >= 4 is 5.91 Å². The fourth-order valence-electron chi connectivity index (χ4n) is 3.34. The highest BCUT2D eigenvalue weighted by Crippen LogP contribution is 2.33. The van der Waals surface area contributed by atoms with E-state index in [4.69, 9.17) is 9.47 Å². The lowest BCUT2D eigenvalue weighted by Gasteiger charge is -2.38. The van der Waals surface area contributed by atoms with E-state index < -0.39 is 0 Å². The number of carbonyl (C=O) groups excluding carboxylic acids is 1. The summed E-state index contributed by atoms with van der Waals surface area (Å²) < 4.78 is 10.8. The van der Waals surface area contributed by atoms with Gasteiger partial charge in [0.1, 0.15) is 0 Å². The Kier molecular flexibility index (Phi) is 3.66. The molecule has 0 aromatic heterocycles. The van der Waals surface area contributed by atoms with Gasteiger partial charge in [-0.25, -0.2) is 0 Å². The summed E-state index contributed by atoms with van der Waals surface area (Å²) in [5.41, 5.74) is 1.24. The van der Waals surface area contributed by atoms with Gasteiger partial charge in [-0.3, -0.25) is 9.69 Å². The maximum absolute atomic E-state index is 12.3. The molecule has 0 radical (unpaired) electrons. The van der Waals surface area contributed by atoms with E-state index in [1.165, 1.54) is 12.0 Å². The number of amides is 1. The molecule has 0 spiro atoms. The zero-order valence-electron chi connectivity index (χ0n) is 12.8. The van der Waals surface area contributed by atoms with Crippen molar-refractivity contribution in [3.8, 4) is 11.5 Å². The van der Waals surface area contributed by atoms with Crippen molar-refractivity contribution in [3.63, 3.8) is 0 Å². The van der Waals surface area contributed by atoms with Gasteiger partial charge in [-0.2, -0.15) is 0 Å². The lowest BCUT2D eigenvalue weighted by Crippen LogP contribution is -2.50. The van der Waals surface area contributed by atoms with Crippen molar-refractivity contribution in [1.29, 1.82) is 0 Å². The average Bonchev–Trinajstić information content (AvgIpc) is 2.94. The van der Waals surface area contributed by atoms with E-state index in [1.807, 2.05) is 6.07 Å². The minimum Gasteiger partial charge on any atom is -0.454 e. The van der Waals surface area contributed by atoms with Crippen molar-refractivity contribution in [2.24, 2.45) is 5.92 Å². The summed E-state index contributed by atoms with van der Waals surface area (Å²) in [6.07, 6.45) is 3.41. The van der Waals surface area contributed by atoms with E-state index >= 15 is 0 Å². The molecule has 1 amide bonds. The van der Waals surface area contributed by atoms with Gasteiger partial charge in [0.05, 0.1) is 0 Å². The third kappa shape index (κ3) is 2.65. The van der Waals surface area contributed by atoms with Crippen molar-refractivity contribution < 1.29 is 14.3 Å². The van der Waals surface area contributed by atoms with E-state index in [9.17, 15) is 4.79 Å². The fraction of sp³-hybridized carbons (Fsp3) is 0.588. The summed E-state index contributed by atoms with van der Waals surface area (Å²) in [4.78, 5) is 16.7. The van der Waals surface area contributed by atoms with Gasteiger partial charge in [-0.1, -0.05) is 12.5 Å². The second-order valence-corrected chi connectivity index (χ2v) is 6.42. The Balaban J connectivity index is 1.31. The molecule has 1 aliphatic carbocycles. The van der Waals surface area contributed by atoms with Crippen LogP contribution in [0.5, 0.6) is 11.5 Å². The lowest BCUT2D eigenvalue weighted by molar-refractivity contribution is -0.140. The number of piperazine rings is 1. The molecule has 1 aromatic rings. The van der Waals surface area contributed by atoms with Crippen LogP contribution in [0.15, 0.2) is 18.2 Å². The first-order valence-electron chi connectivity index (χ1n) is 8.19. The number of ether oxygens (including phenoxy) is 2. The van der Waals surface area contributed by atoms with Gasteiger partial charge in [0.25, 0.3) is 0 Å². The van der Waals surface area contributed by atoms with Crippen LogP contribution in [0, 0.1) is 5.92 Å². The van der Waals surface area contributed by atoms with Crippen LogP contribution in [0.1, 0.15) is 24.8 Å². The molecule has 3 aliphatic rings. The second kappa shape index (κ2) is 5.80. The Morgan fingerprint density at radius 1 is 1.09 bits per heavy atom. The molecule has 118 valence electrons. The zero-order valence-corrected chi connectivity index (χ0v) is 12.8. The number of nitrogens with zero attached hydrogens (tertiary/aromatic N) is 2. The van der Waals surface area contributed by atoms with Crippen LogP contribution in [0.3, 0.4) is 0 Å². The Labute approximate surface area is 130 Å². The Morgan fingerprint density at radius 2 is 1.86 bits per heavy atom. The molecule has 2 aliphatic heterocycles. The molecule has 5 nitrogen and oxygen atoms in total. The topological polar surface area (TPSA) is 42.0 Å². The van der Waals surface area contributed by atoms with Crippen molar-refractivity contribution in [2.75, 3.05) is 33.0 Å². The molecular formula is C17H22N2O3. The Morgan fingerprint density at radius 3 is 2.59 bits per heavy atom. The largest absolute Gasteiger partial charge is 0.454 e. The highest BCUT2D eigenvalue weighted by Gasteiger charge is 2.31. The van der Waals surface area contributed by atoms with Gasteiger partial charge < -0.3 is 14.4 Å². The molecule has 1 saturated carbocycles. The van der Waals surface area contributed by atoms with Crippen molar-refractivity contribution in [3.05, 3.63) is 23.8 Å². The van der Waals surface area contributed by atoms with E-state index in [2.05, 4.69) is 21.9 Å². The Hall–Kier alpha value is -1.75. The van der Waals surface area contributed by atoms with Gasteiger partial charge in [-0.05, 0) is 30.5 Å². The monoisotopic (exact) mass is 302 g/mol. The maximum Gasteiger partial charge on any atom is 0.231 e. The van der Waals surface area contributed by atoms with Crippen LogP contribution in [-0.4, -0.2) is 48.7 Å². The quantitative estimate of drug-likeness (QED) is 0.855. The minimum atomic E-state index is 0.320. The smallest absolute Gasteiger partial charge is 0.231 e. The molecule has 0 N–H and O–H groups in total. The molecule has 1 aromatic carbocycles. The molecule has 2 fully saturated rings. The fourth-order valence-corrected chi connectivity index (χ4v) is 3.34. The first-order chi connectivity index (χ1) is 10.8. The minimum absolute atomic E-state index is 0.320. The number of fused-ring (bicyclic) bond motifs is 1. The van der Waals surface area contributed by atoms with Gasteiger partial charge in [0.15, 0.2) is 11.5 Å². The highest BCUT2D eigenvalue weighted by atomic mass is 16.7. The number of benzene rings is 1. The van der Waals surface area contributed by atoms with Crippen LogP contribution >= 0.6 is 0 Å². The standard InChI is InChI=1S/C17H22N2O3/c20-17(14-2-1-3-14)19-8-6-18(7-9-19)11-13-4-5-15-16(10-13)22-12-21-15/h4-5,10,14H,1-3,6-9,11-12H2. The summed E-state index contributed by atoms with van der Waals surface area (Å²) in [5.74, 6) is 2.38. The molecule has 4 rings (SSSR count). The van der Waals surface area contributed by atoms with E-state index in [1.54, 1.807) is 0 Å². The molecule has 0 bridgehead atoms. The molecule has 2 heterocycles. The molecule has 1 saturated heterocycles. The summed E-state index contributed by atoms with van der Waals surface area (Å²) in [7, 11) is 0. The summed E-state index contributed by atoms with van der Waals surface area (Å²) >= 11 is 0. The summed E-state index contributed by atoms with van der Waals surface area (Å²) in [6.45, 7) is 4.85. The summed E-state index contributed by atoms with van der Waals surface area (Å²) in [5, 5.41) is 0. The number of rotatable bonds is 3. The van der Waals surface area contributed by atoms with Gasteiger partial charge in [0.2, 0.25) is 12.7 Å². The van der Waals surface area contributed by atoms with Crippen LogP contribution in [-0.2, 0) is 11.3 Å². The highest BCUT2D eigenvalue weighted by molar-refractivity contribution is 5.79. The maximum atomic E-state index is 12.3. The van der Waals surface area contributed by atoms with Crippen molar-refractivity contribution in [2.45, 2.75) is 25.8 Å². The predicted octanol–water partition coefficient (Wildman–Crippen LogP) is 1.86. The molecular weight excluding hydrogens is 280 g/mol. The zero-order chi connectivity index (χ0) is 14.9. The van der Waals surface area contributed by atoms with E-state index in [0.29, 0.717) is 18.6 Å². The second-order valence-electron chi connectivity index (χ2n) is 6.42. The molecule has 0 unspecified atom stereocenters. The van der Waals surface area contributed by atoms with Crippen LogP contribution in [0.25, 0.3) is 0 Å². The van der Waals surface area contributed by atoms with Crippen LogP contribution in [0.2, 0.25) is 0 Å². The predicted molar refractivity (Wildman–Crippen MR) is 81.8 cm³/mol. The number of hydrogen-bond donors (Lipinski definition) is 0.